The molecule has 5 heteroatoms. The lowest BCUT2D eigenvalue weighted by Gasteiger charge is -2.50. The second-order valence-corrected chi connectivity index (χ2v) is 7.28. The Labute approximate surface area is 161 Å². The zero-order valence-corrected chi connectivity index (χ0v) is 16.4. The summed E-state index contributed by atoms with van der Waals surface area (Å²) in [5, 5.41) is 6.60. The normalized spacial score (nSPS) is 19.8. The number of benzene rings is 2. The first-order valence-corrected chi connectivity index (χ1v) is 9.52. The number of carbonyl (C=O) groups excluding carboxylic acids is 1. The van der Waals surface area contributed by atoms with E-state index in [1.165, 1.54) is 5.56 Å². The van der Waals surface area contributed by atoms with Gasteiger partial charge in [-0.25, -0.2) is 4.79 Å². The second-order valence-electron chi connectivity index (χ2n) is 7.28. The Morgan fingerprint density at radius 1 is 1.19 bits per heavy atom. The zero-order valence-electron chi connectivity index (χ0n) is 16.4. The maximum absolute atomic E-state index is 13.2. The predicted octanol–water partition coefficient (Wildman–Crippen LogP) is 3.36. The third-order valence-electron chi connectivity index (χ3n) is 5.47. The van der Waals surface area contributed by atoms with Crippen LogP contribution < -0.4 is 15.4 Å². The third kappa shape index (κ3) is 3.93. The smallest absolute Gasteiger partial charge is 0.318 e. The second kappa shape index (κ2) is 8.44. The van der Waals surface area contributed by atoms with Crippen LogP contribution in [-0.4, -0.2) is 37.7 Å². The van der Waals surface area contributed by atoms with Crippen LogP contribution in [0, 0.1) is 5.92 Å². The van der Waals surface area contributed by atoms with Crippen molar-refractivity contribution in [3.63, 3.8) is 0 Å². The molecule has 1 fully saturated rings. The summed E-state index contributed by atoms with van der Waals surface area (Å²) >= 11 is 0. The van der Waals surface area contributed by atoms with Crippen molar-refractivity contribution in [2.75, 3.05) is 26.7 Å². The minimum Gasteiger partial charge on any atom is -0.497 e. The van der Waals surface area contributed by atoms with E-state index in [1.807, 2.05) is 47.4 Å². The molecule has 1 unspecified atom stereocenters. The van der Waals surface area contributed by atoms with Gasteiger partial charge >= 0.3 is 6.03 Å². The summed E-state index contributed by atoms with van der Waals surface area (Å²) in [7, 11) is 1.65. The molecule has 27 heavy (non-hydrogen) atoms. The number of nitrogens with zero attached hydrogens (tertiary/aromatic N) is 1. The molecule has 0 aliphatic carbocycles. The van der Waals surface area contributed by atoms with E-state index >= 15 is 0 Å². The molecule has 0 spiro atoms. The summed E-state index contributed by atoms with van der Waals surface area (Å²) in [4.78, 5) is 15.2. The molecule has 2 amide bonds. The number of methoxy groups -OCH3 is 1. The highest BCUT2D eigenvalue weighted by molar-refractivity contribution is 5.76. The van der Waals surface area contributed by atoms with E-state index in [4.69, 9.17) is 4.74 Å². The fourth-order valence-electron chi connectivity index (χ4n) is 3.90. The summed E-state index contributed by atoms with van der Waals surface area (Å²) in [6.45, 7) is 7.10. The molecule has 5 nitrogen and oxygen atoms in total. The van der Waals surface area contributed by atoms with Crippen molar-refractivity contribution < 1.29 is 9.53 Å². The van der Waals surface area contributed by atoms with E-state index in [-0.39, 0.29) is 17.5 Å². The van der Waals surface area contributed by atoms with Gasteiger partial charge < -0.3 is 20.3 Å². The highest BCUT2D eigenvalue weighted by Gasteiger charge is 2.45. The lowest BCUT2D eigenvalue weighted by Crippen LogP contribution is -2.65. The van der Waals surface area contributed by atoms with Crippen molar-refractivity contribution in [3.8, 4) is 5.75 Å². The molecule has 1 atom stereocenters. The Kier molecular flexibility index (Phi) is 6.01. The van der Waals surface area contributed by atoms with Gasteiger partial charge in [-0.1, -0.05) is 56.3 Å². The van der Waals surface area contributed by atoms with Gasteiger partial charge in [0.1, 0.15) is 5.75 Å². The summed E-state index contributed by atoms with van der Waals surface area (Å²) in [5.74, 6) is 1.09. The molecule has 3 rings (SSSR count). The molecule has 0 bridgehead atoms. The largest absolute Gasteiger partial charge is 0.497 e. The summed E-state index contributed by atoms with van der Waals surface area (Å²) in [5.41, 5.74) is 1.87. The van der Waals surface area contributed by atoms with Crippen LogP contribution in [0.25, 0.3) is 0 Å². The Balaban J connectivity index is 1.79. The van der Waals surface area contributed by atoms with E-state index in [2.05, 4.69) is 36.6 Å². The van der Waals surface area contributed by atoms with Gasteiger partial charge in [-0.05, 0) is 29.2 Å². The Hall–Kier alpha value is -2.53. The topological polar surface area (TPSA) is 53.6 Å². The van der Waals surface area contributed by atoms with Gasteiger partial charge in [0.25, 0.3) is 0 Å². The lowest BCUT2D eigenvalue weighted by molar-refractivity contribution is 0.0483. The van der Waals surface area contributed by atoms with Crippen molar-refractivity contribution in [2.24, 2.45) is 5.92 Å². The zero-order chi connectivity index (χ0) is 19.3. The summed E-state index contributed by atoms with van der Waals surface area (Å²) < 4.78 is 5.19. The molecule has 144 valence electrons. The van der Waals surface area contributed by atoms with Crippen molar-refractivity contribution in [1.82, 2.24) is 15.5 Å². The molecule has 1 heterocycles. The van der Waals surface area contributed by atoms with Crippen LogP contribution >= 0.6 is 0 Å². The molecule has 1 aliphatic heterocycles. The van der Waals surface area contributed by atoms with Crippen LogP contribution in [0.1, 0.15) is 25.0 Å². The fraction of sp³-hybridized carbons (Fsp3) is 0.409. The summed E-state index contributed by atoms with van der Waals surface area (Å²) in [6, 6.07) is 18.1. The van der Waals surface area contributed by atoms with Gasteiger partial charge in [0.15, 0.2) is 0 Å². The Morgan fingerprint density at radius 2 is 1.89 bits per heavy atom. The number of hydrogen-bond acceptors (Lipinski definition) is 3. The molecule has 0 saturated carbocycles. The van der Waals surface area contributed by atoms with Gasteiger partial charge in [0.2, 0.25) is 0 Å². The van der Waals surface area contributed by atoms with E-state index in [9.17, 15) is 4.79 Å². The van der Waals surface area contributed by atoms with E-state index in [0.717, 1.165) is 24.4 Å². The number of ether oxygens (including phenoxy) is 1. The molecule has 1 aliphatic rings. The molecule has 2 N–H and O–H groups in total. The van der Waals surface area contributed by atoms with Crippen LogP contribution in [0.15, 0.2) is 54.6 Å². The fourth-order valence-corrected chi connectivity index (χ4v) is 3.90. The SMILES string of the molecule is COc1ccc(CNC(=O)N2CCNCC2(c2ccccc2)C(C)C)cc1. The minimum atomic E-state index is -0.358. The van der Waals surface area contributed by atoms with Crippen LogP contribution in [0.4, 0.5) is 4.79 Å². The number of piperazine rings is 1. The maximum atomic E-state index is 13.2. The molecular weight excluding hydrogens is 338 g/mol. The van der Waals surface area contributed by atoms with E-state index < -0.39 is 0 Å². The molecular formula is C22H29N3O2. The van der Waals surface area contributed by atoms with Gasteiger partial charge in [-0.3, -0.25) is 0 Å². The molecule has 0 radical (unpaired) electrons. The molecule has 0 aromatic heterocycles. The van der Waals surface area contributed by atoms with E-state index in [1.54, 1.807) is 7.11 Å². The van der Waals surface area contributed by atoms with Crippen molar-refractivity contribution in [1.29, 1.82) is 0 Å². The van der Waals surface area contributed by atoms with Gasteiger partial charge in [-0.2, -0.15) is 0 Å². The molecule has 1 saturated heterocycles. The predicted molar refractivity (Wildman–Crippen MR) is 108 cm³/mol. The van der Waals surface area contributed by atoms with Gasteiger partial charge in [-0.15, -0.1) is 0 Å². The van der Waals surface area contributed by atoms with Crippen molar-refractivity contribution in [2.45, 2.75) is 25.9 Å². The molecule has 2 aromatic carbocycles. The standard InChI is InChI=1S/C22H29N3O2/c1-17(2)22(19-7-5-4-6-8-19)16-23-13-14-25(22)21(26)24-15-18-9-11-20(27-3)12-10-18/h4-12,17,23H,13-16H2,1-3H3,(H,24,26). The van der Waals surface area contributed by atoms with E-state index in [0.29, 0.717) is 13.1 Å². The number of hydrogen-bond donors (Lipinski definition) is 2. The highest BCUT2D eigenvalue weighted by atomic mass is 16.5. The molecule has 2 aromatic rings. The highest BCUT2D eigenvalue weighted by Crippen LogP contribution is 2.37. The average molecular weight is 367 g/mol. The lowest BCUT2D eigenvalue weighted by atomic mass is 9.77. The number of urea groups is 1. The first-order valence-electron chi connectivity index (χ1n) is 9.52. The third-order valence-corrected chi connectivity index (χ3v) is 5.47. The Morgan fingerprint density at radius 3 is 2.52 bits per heavy atom. The van der Waals surface area contributed by atoms with Crippen LogP contribution in [-0.2, 0) is 12.1 Å². The first-order chi connectivity index (χ1) is 13.1. The van der Waals surface area contributed by atoms with Crippen LogP contribution in [0.3, 0.4) is 0 Å². The number of rotatable bonds is 5. The monoisotopic (exact) mass is 367 g/mol. The van der Waals surface area contributed by atoms with Crippen molar-refractivity contribution in [3.05, 3.63) is 65.7 Å². The van der Waals surface area contributed by atoms with Crippen LogP contribution in [0.2, 0.25) is 0 Å². The van der Waals surface area contributed by atoms with Crippen molar-refractivity contribution >= 4 is 6.03 Å². The average Bonchev–Trinajstić information content (AvgIpc) is 2.72. The van der Waals surface area contributed by atoms with Gasteiger partial charge in [0.05, 0.1) is 12.6 Å². The number of nitrogens with one attached hydrogen (secondary N) is 2. The maximum Gasteiger partial charge on any atom is 0.318 e. The summed E-state index contributed by atoms with van der Waals surface area (Å²) in [6.07, 6.45) is 0. The first kappa shape index (κ1) is 19.2. The Bertz CT molecular complexity index is 746. The quantitative estimate of drug-likeness (QED) is 0.852. The van der Waals surface area contributed by atoms with Gasteiger partial charge in [0, 0.05) is 26.2 Å². The van der Waals surface area contributed by atoms with Crippen LogP contribution in [0.5, 0.6) is 5.75 Å². The number of amides is 2. The minimum absolute atomic E-state index is 0.0233. The number of carbonyl (C=O) groups is 1.